The Morgan fingerprint density at radius 3 is 1.36 bits per heavy atom. The maximum Gasteiger partial charge on any atom is 0.0462 e. The number of nitrogens with zero attached hydrogens (tertiary/aromatic N) is 1. The summed E-state index contributed by atoms with van der Waals surface area (Å²) in [7, 11) is 0. The van der Waals surface area contributed by atoms with Crippen molar-refractivity contribution in [3.8, 4) is 11.1 Å². The van der Waals surface area contributed by atoms with Crippen LogP contribution >= 0.6 is 0 Å². The first kappa shape index (κ1) is 28.5. The number of hydrogen-bond acceptors (Lipinski definition) is 1. The van der Waals surface area contributed by atoms with Gasteiger partial charge in [0.25, 0.3) is 0 Å². The second kappa shape index (κ2) is 12.8. The predicted octanol–water partition coefficient (Wildman–Crippen LogP) is 13.0. The summed E-state index contributed by atoms with van der Waals surface area (Å²) in [5, 5.41) is 5.27. The molecule has 1 nitrogen and oxygen atoms in total. The van der Waals surface area contributed by atoms with E-state index in [1.807, 2.05) is 0 Å². The lowest BCUT2D eigenvalue weighted by Crippen LogP contribution is -2.09. The molecule has 7 aromatic carbocycles. The fourth-order valence-electron chi connectivity index (χ4n) is 6.89. The lowest BCUT2D eigenvalue weighted by molar-refractivity contribution is 1.06. The SMILES string of the molecule is C1=CCCC(c2c3ccccc3c(-c3ccc(/C=C/c4ccc(N(c5ccccc5)c5ccccc5)cc4)cc3)c3ccccc23)=C1. The fraction of sp³-hybridized carbons (Fsp3) is 0.0435. The van der Waals surface area contributed by atoms with Crippen LogP contribution in [0.25, 0.3) is 50.4 Å². The zero-order chi connectivity index (χ0) is 31.4. The Hall–Kier alpha value is -5.92. The summed E-state index contributed by atoms with van der Waals surface area (Å²) in [6.45, 7) is 0. The Morgan fingerprint density at radius 1 is 0.426 bits per heavy atom. The van der Waals surface area contributed by atoms with Crippen LogP contribution in [0.4, 0.5) is 17.1 Å². The van der Waals surface area contributed by atoms with Crippen molar-refractivity contribution in [2.45, 2.75) is 12.8 Å². The van der Waals surface area contributed by atoms with Gasteiger partial charge in [-0.25, -0.2) is 0 Å². The summed E-state index contributed by atoms with van der Waals surface area (Å²) in [5.74, 6) is 0. The van der Waals surface area contributed by atoms with Crippen LogP contribution in [-0.4, -0.2) is 0 Å². The average Bonchev–Trinajstić information content (AvgIpc) is 3.15. The van der Waals surface area contributed by atoms with E-state index in [0.717, 1.165) is 29.9 Å². The number of rotatable bonds is 7. The van der Waals surface area contributed by atoms with Crippen molar-refractivity contribution in [2.24, 2.45) is 0 Å². The maximum absolute atomic E-state index is 2.30. The van der Waals surface area contributed by atoms with Crippen molar-refractivity contribution in [1.29, 1.82) is 0 Å². The molecule has 0 aliphatic heterocycles. The quantitative estimate of drug-likeness (QED) is 0.130. The molecule has 0 radical (unpaired) electrons. The zero-order valence-corrected chi connectivity index (χ0v) is 26.3. The Morgan fingerprint density at radius 2 is 0.872 bits per heavy atom. The second-order valence-corrected chi connectivity index (χ2v) is 12.1. The van der Waals surface area contributed by atoms with Crippen LogP contribution in [0, 0.1) is 0 Å². The standard InChI is InChI=1S/C46H35N/c1-4-14-36(15-5-1)45-41-20-10-12-22-43(41)46(44-23-13-11-21-42(44)45)37-30-26-34(27-31-37)24-25-35-28-32-40(33-29-35)47(38-16-6-2-7-17-38)39-18-8-3-9-19-39/h1-4,6-14,16-33H,5,15H2/b25-24+. The van der Waals surface area contributed by atoms with Gasteiger partial charge >= 0.3 is 0 Å². The highest BCUT2D eigenvalue weighted by Gasteiger charge is 2.18. The van der Waals surface area contributed by atoms with Crippen molar-refractivity contribution in [2.75, 3.05) is 4.90 Å². The van der Waals surface area contributed by atoms with Gasteiger partial charge in [-0.2, -0.15) is 0 Å². The molecule has 8 rings (SSSR count). The zero-order valence-electron chi connectivity index (χ0n) is 26.3. The molecule has 224 valence electrons. The third-order valence-corrected chi connectivity index (χ3v) is 9.11. The molecule has 0 amide bonds. The van der Waals surface area contributed by atoms with Gasteiger partial charge in [-0.15, -0.1) is 0 Å². The van der Waals surface area contributed by atoms with E-state index in [1.54, 1.807) is 0 Å². The topological polar surface area (TPSA) is 3.24 Å². The molecule has 0 atom stereocenters. The molecule has 0 fully saturated rings. The van der Waals surface area contributed by atoms with E-state index >= 15 is 0 Å². The van der Waals surface area contributed by atoms with Gasteiger partial charge in [0, 0.05) is 17.1 Å². The van der Waals surface area contributed by atoms with E-state index in [0.29, 0.717) is 0 Å². The lowest BCUT2D eigenvalue weighted by atomic mass is 9.84. The van der Waals surface area contributed by atoms with Gasteiger partial charge in [-0.3, -0.25) is 0 Å². The lowest BCUT2D eigenvalue weighted by Gasteiger charge is -2.25. The molecule has 0 aromatic heterocycles. The van der Waals surface area contributed by atoms with E-state index in [2.05, 4.69) is 193 Å². The third-order valence-electron chi connectivity index (χ3n) is 9.11. The Kier molecular flexibility index (Phi) is 7.79. The number of allylic oxidation sites excluding steroid dienone is 4. The Labute approximate surface area is 277 Å². The summed E-state index contributed by atoms with van der Waals surface area (Å²) < 4.78 is 0. The molecular weight excluding hydrogens is 567 g/mol. The first-order chi connectivity index (χ1) is 23.3. The van der Waals surface area contributed by atoms with Crippen molar-refractivity contribution in [1.82, 2.24) is 0 Å². The second-order valence-electron chi connectivity index (χ2n) is 12.1. The van der Waals surface area contributed by atoms with E-state index in [4.69, 9.17) is 0 Å². The molecule has 0 heterocycles. The van der Waals surface area contributed by atoms with Crippen LogP contribution < -0.4 is 4.90 Å². The summed E-state index contributed by atoms with van der Waals surface area (Å²) in [6.07, 6.45) is 13.3. The number of anilines is 3. The Balaban J connectivity index is 1.10. The summed E-state index contributed by atoms with van der Waals surface area (Å²) in [5.41, 5.74) is 11.1. The highest BCUT2D eigenvalue weighted by Crippen LogP contribution is 2.43. The van der Waals surface area contributed by atoms with Crippen molar-refractivity contribution in [3.05, 3.63) is 193 Å². The molecule has 0 spiro atoms. The third kappa shape index (κ3) is 5.69. The molecule has 0 saturated carbocycles. The summed E-state index contributed by atoms with van der Waals surface area (Å²) >= 11 is 0. The predicted molar refractivity (Wildman–Crippen MR) is 203 cm³/mol. The number of hydrogen-bond donors (Lipinski definition) is 0. The molecule has 0 N–H and O–H groups in total. The minimum atomic E-state index is 1.08. The highest BCUT2D eigenvalue weighted by atomic mass is 15.1. The van der Waals surface area contributed by atoms with E-state index in [1.165, 1.54) is 54.9 Å². The minimum absolute atomic E-state index is 1.08. The van der Waals surface area contributed by atoms with E-state index < -0.39 is 0 Å². The van der Waals surface area contributed by atoms with Gasteiger partial charge < -0.3 is 4.90 Å². The first-order valence-corrected chi connectivity index (χ1v) is 16.4. The molecule has 47 heavy (non-hydrogen) atoms. The van der Waals surface area contributed by atoms with Crippen LogP contribution in [0.5, 0.6) is 0 Å². The molecule has 0 unspecified atom stereocenters. The number of para-hydroxylation sites is 2. The smallest absolute Gasteiger partial charge is 0.0462 e. The van der Waals surface area contributed by atoms with E-state index in [9.17, 15) is 0 Å². The minimum Gasteiger partial charge on any atom is -0.311 e. The van der Waals surface area contributed by atoms with Crippen molar-refractivity contribution < 1.29 is 0 Å². The van der Waals surface area contributed by atoms with Crippen LogP contribution in [0.3, 0.4) is 0 Å². The van der Waals surface area contributed by atoms with Gasteiger partial charge in [-0.1, -0.05) is 152 Å². The monoisotopic (exact) mass is 601 g/mol. The fourth-order valence-corrected chi connectivity index (χ4v) is 6.89. The van der Waals surface area contributed by atoms with Gasteiger partial charge in [0.2, 0.25) is 0 Å². The average molecular weight is 602 g/mol. The molecular formula is C46H35N. The summed E-state index contributed by atoms with van der Waals surface area (Å²) in [4.78, 5) is 2.29. The molecule has 1 aliphatic carbocycles. The van der Waals surface area contributed by atoms with Crippen molar-refractivity contribution in [3.63, 3.8) is 0 Å². The normalized spacial score (nSPS) is 12.9. The molecule has 0 saturated heterocycles. The van der Waals surface area contributed by atoms with Crippen LogP contribution in [0.1, 0.15) is 29.5 Å². The largest absolute Gasteiger partial charge is 0.311 e. The van der Waals surface area contributed by atoms with Gasteiger partial charge in [0.05, 0.1) is 0 Å². The number of fused-ring (bicyclic) bond motifs is 2. The van der Waals surface area contributed by atoms with Crippen molar-refractivity contribution >= 4 is 56.3 Å². The van der Waals surface area contributed by atoms with Gasteiger partial charge in [0.1, 0.15) is 0 Å². The van der Waals surface area contributed by atoms with Crippen LogP contribution in [0.2, 0.25) is 0 Å². The maximum atomic E-state index is 2.30. The van der Waals surface area contributed by atoms with Crippen LogP contribution in [-0.2, 0) is 0 Å². The molecule has 7 aromatic rings. The molecule has 1 heteroatoms. The Bertz CT molecular complexity index is 2160. The molecule has 1 aliphatic rings. The van der Waals surface area contributed by atoms with Gasteiger partial charge in [-0.05, 0) is 104 Å². The molecule has 0 bridgehead atoms. The van der Waals surface area contributed by atoms with Gasteiger partial charge in [0.15, 0.2) is 0 Å². The van der Waals surface area contributed by atoms with E-state index in [-0.39, 0.29) is 0 Å². The number of benzene rings is 7. The first-order valence-electron chi connectivity index (χ1n) is 16.4. The van der Waals surface area contributed by atoms with Crippen LogP contribution in [0.15, 0.2) is 176 Å². The highest BCUT2D eigenvalue weighted by molar-refractivity contribution is 6.18. The summed E-state index contributed by atoms with van der Waals surface area (Å²) in [6, 6.07) is 56.7.